The lowest BCUT2D eigenvalue weighted by Gasteiger charge is -2.22. The van der Waals surface area contributed by atoms with Gasteiger partial charge in [0, 0.05) is 19.2 Å². The topological polar surface area (TPSA) is 122 Å². The first-order chi connectivity index (χ1) is 10.9. The molecule has 1 aromatic heterocycles. The van der Waals surface area contributed by atoms with Gasteiger partial charge in [0.2, 0.25) is 5.82 Å². The molecular formula is C12H17N4O6S+. The molecular weight excluding hydrogens is 328 g/mol. The zero-order valence-electron chi connectivity index (χ0n) is 12.4. The molecule has 0 unspecified atom stereocenters. The van der Waals surface area contributed by atoms with Crippen LogP contribution in [0.1, 0.15) is 13.3 Å². The van der Waals surface area contributed by atoms with Crippen LogP contribution in [0.25, 0.3) is 0 Å². The smallest absolute Gasteiger partial charge is 0.438 e. The lowest BCUT2D eigenvalue weighted by Crippen LogP contribution is -2.49. The summed E-state index contributed by atoms with van der Waals surface area (Å²) in [5, 5.41) is 2.26. The van der Waals surface area contributed by atoms with E-state index < -0.39 is 16.5 Å². The van der Waals surface area contributed by atoms with Crippen LogP contribution in [0.5, 0.6) is 0 Å². The third kappa shape index (κ3) is 5.07. The average molecular weight is 345 g/mol. The van der Waals surface area contributed by atoms with Gasteiger partial charge in [-0.2, -0.15) is 13.7 Å². The van der Waals surface area contributed by atoms with Crippen LogP contribution in [0.4, 0.5) is 16.6 Å². The predicted octanol–water partition coefficient (Wildman–Crippen LogP) is -0.0648. The molecule has 0 saturated heterocycles. The van der Waals surface area contributed by atoms with Crippen molar-refractivity contribution in [3.05, 3.63) is 24.4 Å². The van der Waals surface area contributed by atoms with Gasteiger partial charge < -0.3 is 9.64 Å². The summed E-state index contributed by atoms with van der Waals surface area (Å²) in [4.78, 5) is 17.6. The molecule has 0 aliphatic carbocycles. The van der Waals surface area contributed by atoms with Crippen molar-refractivity contribution in [2.45, 2.75) is 13.3 Å². The summed E-state index contributed by atoms with van der Waals surface area (Å²) in [6.07, 6.45) is 5.25. The molecule has 1 aliphatic rings. The van der Waals surface area contributed by atoms with Crippen LogP contribution in [0, 0.1) is 0 Å². The third-order valence-electron chi connectivity index (χ3n) is 2.83. The third-order valence-corrected chi connectivity index (χ3v) is 3.18. The quantitative estimate of drug-likeness (QED) is 0.432. The predicted molar refractivity (Wildman–Crippen MR) is 79.2 cm³/mol. The Hall–Kier alpha value is -2.40. The number of rotatable bonds is 5. The molecule has 0 bridgehead atoms. The van der Waals surface area contributed by atoms with Crippen molar-refractivity contribution in [3.63, 3.8) is 0 Å². The van der Waals surface area contributed by atoms with Crippen molar-refractivity contribution in [1.82, 2.24) is 4.98 Å². The SMILES string of the molecule is CCOC(=O)Nc1nc(N2CC=CCC2)cc[n+]1OS(=O)(=O)O. The zero-order valence-corrected chi connectivity index (χ0v) is 13.2. The van der Waals surface area contributed by atoms with Crippen molar-refractivity contribution in [2.24, 2.45) is 0 Å². The van der Waals surface area contributed by atoms with E-state index in [1.165, 1.54) is 12.3 Å². The highest BCUT2D eigenvalue weighted by molar-refractivity contribution is 7.80. The first kappa shape index (κ1) is 17.0. The molecule has 2 N–H and O–H groups in total. The minimum absolute atomic E-state index is 0.127. The number of ether oxygens (including phenoxy) is 1. The van der Waals surface area contributed by atoms with Gasteiger partial charge in [0.25, 0.3) is 0 Å². The Labute approximate surface area is 133 Å². The van der Waals surface area contributed by atoms with E-state index >= 15 is 0 Å². The fraction of sp³-hybridized carbons (Fsp3) is 0.417. The van der Waals surface area contributed by atoms with E-state index in [0.717, 1.165) is 13.0 Å². The monoisotopic (exact) mass is 345 g/mol. The summed E-state index contributed by atoms with van der Waals surface area (Å²) < 4.78 is 40.2. The first-order valence-electron chi connectivity index (χ1n) is 6.83. The molecule has 0 atom stereocenters. The lowest BCUT2D eigenvalue weighted by molar-refractivity contribution is -0.847. The normalized spacial score (nSPS) is 14.4. The number of nitrogens with zero attached hydrogens (tertiary/aromatic N) is 3. The Morgan fingerprint density at radius 1 is 1.52 bits per heavy atom. The highest BCUT2D eigenvalue weighted by Crippen LogP contribution is 2.14. The molecule has 1 amide bonds. The summed E-state index contributed by atoms with van der Waals surface area (Å²) in [6, 6.07) is 1.50. The Kier molecular flexibility index (Phi) is 5.34. The molecule has 2 rings (SSSR count). The van der Waals surface area contributed by atoms with Crippen molar-refractivity contribution >= 4 is 28.3 Å². The first-order valence-corrected chi connectivity index (χ1v) is 8.19. The van der Waals surface area contributed by atoms with Crippen LogP contribution in [0.3, 0.4) is 0 Å². The van der Waals surface area contributed by atoms with Crippen molar-refractivity contribution in [1.29, 1.82) is 0 Å². The van der Waals surface area contributed by atoms with Crippen LogP contribution in [0.15, 0.2) is 24.4 Å². The largest absolute Gasteiger partial charge is 0.476 e. The van der Waals surface area contributed by atoms with Gasteiger partial charge in [-0.1, -0.05) is 12.2 Å². The zero-order chi connectivity index (χ0) is 16.9. The van der Waals surface area contributed by atoms with Gasteiger partial charge in [-0.15, -0.1) is 0 Å². The van der Waals surface area contributed by atoms with E-state index in [1.54, 1.807) is 6.92 Å². The number of carbonyl (C=O) groups is 1. The number of anilines is 2. The lowest BCUT2D eigenvalue weighted by atomic mass is 10.2. The number of aromatic nitrogens is 2. The second-order valence-electron chi connectivity index (χ2n) is 4.49. The molecule has 11 heteroatoms. The molecule has 0 spiro atoms. The Balaban J connectivity index is 2.30. The number of nitrogens with one attached hydrogen (secondary N) is 1. The number of amides is 1. The van der Waals surface area contributed by atoms with E-state index in [0.29, 0.717) is 17.1 Å². The van der Waals surface area contributed by atoms with E-state index in [-0.39, 0.29) is 12.6 Å². The molecule has 1 aromatic rings. The summed E-state index contributed by atoms with van der Waals surface area (Å²) >= 11 is 0. The Bertz CT molecular complexity index is 706. The Morgan fingerprint density at radius 3 is 2.91 bits per heavy atom. The fourth-order valence-electron chi connectivity index (χ4n) is 1.93. The molecule has 2 heterocycles. The van der Waals surface area contributed by atoms with Gasteiger partial charge in [-0.3, -0.25) is 4.55 Å². The number of hydrogen-bond donors (Lipinski definition) is 2. The maximum absolute atomic E-state index is 11.5. The van der Waals surface area contributed by atoms with Crippen molar-refractivity contribution < 1.29 is 31.5 Å². The van der Waals surface area contributed by atoms with Crippen LogP contribution in [-0.4, -0.2) is 43.7 Å². The summed E-state index contributed by atoms with van der Waals surface area (Å²) in [5.41, 5.74) is 0. The van der Waals surface area contributed by atoms with E-state index in [1.807, 2.05) is 17.1 Å². The maximum Gasteiger partial charge on any atom is 0.476 e. The van der Waals surface area contributed by atoms with Crippen LogP contribution in [-0.2, 0) is 15.1 Å². The van der Waals surface area contributed by atoms with Gasteiger partial charge in [0.05, 0.1) is 6.61 Å². The molecule has 10 nitrogen and oxygen atoms in total. The van der Waals surface area contributed by atoms with Crippen LogP contribution >= 0.6 is 0 Å². The number of carbonyl (C=O) groups excluding carboxylic acids is 1. The van der Waals surface area contributed by atoms with Crippen LogP contribution in [0.2, 0.25) is 0 Å². The summed E-state index contributed by atoms with van der Waals surface area (Å²) in [5.74, 6) is 0.268. The molecule has 1 aliphatic heterocycles. The fourth-order valence-corrected chi connectivity index (χ4v) is 2.25. The van der Waals surface area contributed by atoms with Gasteiger partial charge in [0.1, 0.15) is 6.20 Å². The van der Waals surface area contributed by atoms with Crippen LogP contribution < -0.4 is 19.2 Å². The molecule has 0 saturated carbocycles. The molecule has 0 radical (unpaired) electrons. The summed E-state index contributed by atoms with van der Waals surface area (Å²) in [6.45, 7) is 3.11. The second-order valence-corrected chi connectivity index (χ2v) is 5.49. The van der Waals surface area contributed by atoms with Gasteiger partial charge in [0.15, 0.2) is 0 Å². The Morgan fingerprint density at radius 2 is 2.30 bits per heavy atom. The molecule has 126 valence electrons. The van der Waals surface area contributed by atoms with Gasteiger partial charge in [-0.05, 0) is 23.1 Å². The van der Waals surface area contributed by atoms with E-state index in [2.05, 4.69) is 14.6 Å². The molecule has 0 aromatic carbocycles. The molecule has 23 heavy (non-hydrogen) atoms. The highest BCUT2D eigenvalue weighted by atomic mass is 32.3. The number of hydrogen-bond acceptors (Lipinski definition) is 7. The minimum atomic E-state index is -4.78. The van der Waals surface area contributed by atoms with Gasteiger partial charge in [-0.25, -0.2) is 9.08 Å². The highest BCUT2D eigenvalue weighted by Gasteiger charge is 2.25. The summed E-state index contributed by atoms with van der Waals surface area (Å²) in [7, 11) is -4.78. The minimum Gasteiger partial charge on any atom is -0.438 e. The maximum atomic E-state index is 11.5. The van der Waals surface area contributed by atoms with E-state index in [9.17, 15) is 13.2 Å². The second kappa shape index (κ2) is 7.24. The van der Waals surface area contributed by atoms with E-state index in [4.69, 9.17) is 9.29 Å². The van der Waals surface area contributed by atoms with Crippen molar-refractivity contribution in [2.75, 3.05) is 29.9 Å². The van der Waals surface area contributed by atoms with Crippen molar-refractivity contribution in [3.8, 4) is 0 Å². The average Bonchev–Trinajstić information content (AvgIpc) is 2.49. The standard InChI is InChI=1S/C12H16N4O6S/c1-2-21-12(17)14-11-13-10(15-7-4-3-5-8-15)6-9-16(11)22-23(18,19)20/h3-4,6,9H,2,5,7-8H2,1H3,(H,18,19,20)/p+1. The van der Waals surface area contributed by atoms with Gasteiger partial charge >= 0.3 is 22.4 Å². The molecule has 0 fully saturated rings.